The van der Waals surface area contributed by atoms with Crippen LogP contribution in [0.2, 0.25) is 0 Å². The second kappa shape index (κ2) is 12.4. The zero-order chi connectivity index (χ0) is 31.0. The average molecular weight is 615 g/mol. The summed E-state index contributed by atoms with van der Waals surface area (Å²) in [4.78, 5) is 48.0. The van der Waals surface area contributed by atoms with Gasteiger partial charge >= 0.3 is 6.03 Å². The quantitative estimate of drug-likeness (QED) is 0.257. The molecule has 10 heteroatoms. The number of nitrogens with zero attached hydrogens (tertiary/aromatic N) is 2. The van der Waals surface area contributed by atoms with Crippen molar-refractivity contribution < 1.29 is 23.2 Å². The van der Waals surface area contributed by atoms with Crippen molar-refractivity contribution in [1.82, 2.24) is 15.1 Å². The summed E-state index contributed by atoms with van der Waals surface area (Å²) in [5.41, 5.74) is 3.04. The normalized spacial score (nSPS) is 21.8. The van der Waals surface area contributed by atoms with Crippen molar-refractivity contribution in [3.05, 3.63) is 111 Å². The number of Topliss-reactive ketones (excluding diaryl/α,β-unsaturated/α-hetero) is 1. The number of halogens is 1. The topological polar surface area (TPSA) is 94.9 Å². The summed E-state index contributed by atoms with van der Waals surface area (Å²) in [7, 11) is 0. The molecule has 0 spiro atoms. The van der Waals surface area contributed by atoms with Crippen molar-refractivity contribution in [2.24, 2.45) is 5.92 Å². The van der Waals surface area contributed by atoms with E-state index in [0.29, 0.717) is 37.6 Å². The number of furan rings is 1. The number of benzene rings is 2. The van der Waals surface area contributed by atoms with Gasteiger partial charge in [-0.05, 0) is 79.7 Å². The van der Waals surface area contributed by atoms with Gasteiger partial charge in [-0.3, -0.25) is 9.59 Å². The van der Waals surface area contributed by atoms with Crippen LogP contribution in [0.1, 0.15) is 49.8 Å². The summed E-state index contributed by atoms with van der Waals surface area (Å²) < 4.78 is 19.6. The van der Waals surface area contributed by atoms with Gasteiger partial charge in [0.2, 0.25) is 11.7 Å². The first-order valence-corrected chi connectivity index (χ1v) is 15.7. The molecule has 44 heavy (non-hydrogen) atoms. The van der Waals surface area contributed by atoms with Gasteiger partial charge in [-0.2, -0.15) is 0 Å². The minimum atomic E-state index is -0.985. The Kier molecular flexibility index (Phi) is 8.38. The fraction of sp³-hybridized carbons (Fsp3) is 0.324. The van der Waals surface area contributed by atoms with Crippen molar-refractivity contribution in [3.8, 4) is 0 Å². The highest BCUT2D eigenvalue weighted by molar-refractivity contribution is 7.10. The molecule has 228 valence electrons. The number of hydrogen-bond donors (Lipinski definition) is 2. The Morgan fingerprint density at radius 2 is 1.73 bits per heavy atom. The van der Waals surface area contributed by atoms with Gasteiger partial charge in [0.1, 0.15) is 17.6 Å². The van der Waals surface area contributed by atoms with E-state index in [1.807, 2.05) is 49.6 Å². The number of piperazine rings is 1. The maximum Gasteiger partial charge on any atom is 0.323 e. The molecule has 2 aliphatic heterocycles. The lowest BCUT2D eigenvalue weighted by molar-refractivity contribution is -0.136. The Labute approximate surface area is 259 Å². The van der Waals surface area contributed by atoms with Crippen LogP contribution in [0.5, 0.6) is 0 Å². The third-order valence-electron chi connectivity index (χ3n) is 8.55. The standard InChI is InChI=1S/C34H35FN4O4S/c1-20-5-4-6-23(19-20)29-27(31(40)26-12-7-22(3)43-26)28(32-21(2)13-18-44-32)30(33(41)38-16-14-36-15-17-38)39(29)34(42)37-25-10-8-24(35)9-11-25/h4-13,18-19,27-30,36H,14-17H2,1-3H3,(H,37,42). The van der Waals surface area contributed by atoms with E-state index in [-0.39, 0.29) is 17.5 Å². The molecule has 4 unspecified atom stereocenters. The molecule has 0 radical (unpaired) electrons. The van der Waals surface area contributed by atoms with Crippen LogP contribution in [0.3, 0.4) is 0 Å². The van der Waals surface area contributed by atoms with Crippen LogP contribution in [-0.4, -0.2) is 59.7 Å². The molecule has 2 aliphatic rings. The van der Waals surface area contributed by atoms with E-state index in [0.717, 1.165) is 21.6 Å². The number of carbonyl (C=O) groups excluding carboxylic acids is 3. The average Bonchev–Trinajstić information content (AvgIpc) is 3.74. The molecular weight excluding hydrogens is 579 g/mol. The molecular formula is C34H35FN4O4S. The Balaban J connectivity index is 1.57. The number of anilines is 1. The van der Waals surface area contributed by atoms with Crippen molar-refractivity contribution in [1.29, 1.82) is 0 Å². The number of ketones is 1. The van der Waals surface area contributed by atoms with Crippen molar-refractivity contribution in [3.63, 3.8) is 0 Å². The number of urea groups is 1. The number of hydrogen-bond acceptors (Lipinski definition) is 6. The van der Waals surface area contributed by atoms with E-state index < -0.39 is 35.8 Å². The summed E-state index contributed by atoms with van der Waals surface area (Å²) in [6.45, 7) is 7.96. The molecule has 2 N–H and O–H groups in total. The second-order valence-electron chi connectivity index (χ2n) is 11.5. The van der Waals surface area contributed by atoms with Gasteiger partial charge in [0.15, 0.2) is 5.76 Å². The van der Waals surface area contributed by atoms with Crippen LogP contribution in [0.15, 0.2) is 76.5 Å². The maximum absolute atomic E-state index is 14.7. The summed E-state index contributed by atoms with van der Waals surface area (Å²) in [6.07, 6.45) is 0. The van der Waals surface area contributed by atoms with Gasteiger partial charge in [0.05, 0.1) is 12.0 Å². The molecule has 0 aliphatic carbocycles. The summed E-state index contributed by atoms with van der Waals surface area (Å²) in [5, 5.41) is 8.15. The predicted octanol–water partition coefficient (Wildman–Crippen LogP) is 6.08. The summed E-state index contributed by atoms with van der Waals surface area (Å²) in [5.74, 6) is -1.57. The second-order valence-corrected chi connectivity index (χ2v) is 12.5. The Morgan fingerprint density at radius 1 is 0.977 bits per heavy atom. The van der Waals surface area contributed by atoms with E-state index in [2.05, 4.69) is 10.6 Å². The third-order valence-corrected chi connectivity index (χ3v) is 9.67. The van der Waals surface area contributed by atoms with Crippen LogP contribution in [-0.2, 0) is 4.79 Å². The maximum atomic E-state index is 14.7. The van der Waals surface area contributed by atoms with Crippen LogP contribution >= 0.6 is 11.3 Å². The minimum absolute atomic E-state index is 0.193. The Morgan fingerprint density at radius 3 is 2.36 bits per heavy atom. The van der Waals surface area contributed by atoms with Gasteiger partial charge in [-0.1, -0.05) is 29.8 Å². The molecule has 2 aromatic carbocycles. The number of thiophene rings is 1. The molecule has 8 nitrogen and oxygen atoms in total. The van der Waals surface area contributed by atoms with Gasteiger partial charge in [-0.15, -0.1) is 11.3 Å². The molecule has 4 atom stereocenters. The molecule has 6 rings (SSSR count). The van der Waals surface area contributed by atoms with Crippen molar-refractivity contribution in [2.75, 3.05) is 31.5 Å². The smallest absolute Gasteiger partial charge is 0.323 e. The highest BCUT2D eigenvalue weighted by Gasteiger charge is 2.59. The highest BCUT2D eigenvalue weighted by Crippen LogP contribution is 2.53. The number of likely N-dealkylation sites (tertiary alicyclic amines) is 1. The molecule has 2 saturated heterocycles. The van der Waals surface area contributed by atoms with E-state index in [1.54, 1.807) is 28.9 Å². The monoisotopic (exact) mass is 614 g/mol. The van der Waals surface area contributed by atoms with E-state index in [4.69, 9.17) is 4.42 Å². The highest BCUT2D eigenvalue weighted by atomic mass is 32.1. The van der Waals surface area contributed by atoms with Gasteiger partial charge < -0.3 is 24.9 Å². The zero-order valence-electron chi connectivity index (χ0n) is 24.9. The van der Waals surface area contributed by atoms with Crippen molar-refractivity contribution in [2.45, 2.75) is 38.8 Å². The number of rotatable bonds is 6. The largest absolute Gasteiger partial charge is 0.458 e. The summed E-state index contributed by atoms with van der Waals surface area (Å²) in [6, 6.07) is 16.3. The van der Waals surface area contributed by atoms with Crippen molar-refractivity contribution >= 4 is 34.7 Å². The first-order chi connectivity index (χ1) is 21.2. The van der Waals surface area contributed by atoms with E-state index in [1.165, 1.54) is 35.6 Å². The number of amides is 3. The third kappa shape index (κ3) is 5.67. The predicted molar refractivity (Wildman–Crippen MR) is 167 cm³/mol. The van der Waals surface area contributed by atoms with Gasteiger partial charge in [-0.25, -0.2) is 9.18 Å². The lowest BCUT2D eigenvalue weighted by Crippen LogP contribution is -2.55. The Hall–Kier alpha value is -4.28. The Bertz CT molecular complexity index is 1680. The molecule has 4 heterocycles. The number of carbonyl (C=O) groups is 3. The van der Waals surface area contributed by atoms with Crippen LogP contribution in [0, 0.1) is 32.5 Å². The van der Waals surface area contributed by atoms with E-state index in [9.17, 15) is 18.8 Å². The van der Waals surface area contributed by atoms with Gasteiger partial charge in [0.25, 0.3) is 0 Å². The first kappa shape index (κ1) is 29.8. The zero-order valence-corrected chi connectivity index (χ0v) is 25.7. The summed E-state index contributed by atoms with van der Waals surface area (Å²) >= 11 is 1.49. The van der Waals surface area contributed by atoms with Gasteiger partial charge in [0, 0.05) is 42.7 Å². The fourth-order valence-electron chi connectivity index (χ4n) is 6.52. The van der Waals surface area contributed by atoms with Crippen LogP contribution in [0.4, 0.5) is 14.9 Å². The number of nitrogens with one attached hydrogen (secondary N) is 2. The molecule has 0 bridgehead atoms. The lowest BCUT2D eigenvalue weighted by Gasteiger charge is -2.36. The molecule has 0 saturated carbocycles. The first-order valence-electron chi connectivity index (χ1n) is 14.8. The van der Waals surface area contributed by atoms with E-state index >= 15 is 0 Å². The molecule has 2 aromatic heterocycles. The molecule has 3 amide bonds. The van der Waals surface area contributed by atoms with Crippen LogP contribution in [0.25, 0.3) is 0 Å². The SMILES string of the molecule is Cc1cccc(C2C(C(=O)c3ccc(C)o3)C(c3sccc3C)C(C(=O)N3CCNCC3)N2C(=O)Nc2ccc(F)cc2)c1. The molecule has 2 fully saturated rings. The fourth-order valence-corrected chi connectivity index (χ4v) is 7.63. The minimum Gasteiger partial charge on any atom is -0.458 e. The number of aryl methyl sites for hydroxylation is 3. The molecule has 4 aromatic rings. The van der Waals surface area contributed by atoms with Crippen LogP contribution < -0.4 is 10.6 Å². The lowest BCUT2D eigenvalue weighted by atomic mass is 9.78.